The van der Waals surface area contributed by atoms with E-state index < -0.39 is 11.8 Å². The number of H-pyrrole nitrogens is 1. The summed E-state index contributed by atoms with van der Waals surface area (Å²) >= 11 is 0. The molecule has 0 bridgehead atoms. The van der Waals surface area contributed by atoms with Crippen LogP contribution in [0.4, 0.5) is 0 Å². The molecule has 1 aliphatic rings. The molecule has 118 valence electrons. The van der Waals surface area contributed by atoms with E-state index in [1.807, 2.05) is 20.8 Å². The minimum absolute atomic E-state index is 0.0399. The number of carbonyl (C=O) groups excluding carboxylic acids is 3. The van der Waals surface area contributed by atoms with Crippen LogP contribution in [0.3, 0.4) is 0 Å². The van der Waals surface area contributed by atoms with E-state index in [9.17, 15) is 14.4 Å². The van der Waals surface area contributed by atoms with E-state index in [1.54, 1.807) is 12.4 Å². The molecule has 0 atom stereocenters. The number of carbonyl (C=O) groups is 3. The molecule has 2 N–H and O–H groups in total. The van der Waals surface area contributed by atoms with Crippen LogP contribution in [0.5, 0.6) is 0 Å². The van der Waals surface area contributed by atoms with Crippen LogP contribution < -0.4 is 5.32 Å². The zero-order chi connectivity index (χ0) is 16.5. The van der Waals surface area contributed by atoms with Gasteiger partial charge >= 0.3 is 0 Å². The Kier molecular flexibility index (Phi) is 4.16. The Bertz CT molecular complexity index is 652. The number of aromatic nitrogens is 2. The van der Waals surface area contributed by atoms with Crippen molar-refractivity contribution in [3.63, 3.8) is 0 Å². The van der Waals surface area contributed by atoms with Crippen LogP contribution in [0.15, 0.2) is 12.0 Å². The quantitative estimate of drug-likeness (QED) is 0.807. The van der Waals surface area contributed by atoms with E-state index in [0.29, 0.717) is 11.4 Å². The third-order valence-corrected chi connectivity index (χ3v) is 3.35. The maximum Gasteiger partial charge on any atom is 0.244 e. The van der Waals surface area contributed by atoms with Crippen LogP contribution in [0.2, 0.25) is 0 Å². The second-order valence-electron chi connectivity index (χ2n) is 6.31. The van der Waals surface area contributed by atoms with Gasteiger partial charge in [-0.3, -0.25) is 19.3 Å². The van der Waals surface area contributed by atoms with Gasteiger partial charge in [-0.25, -0.2) is 4.98 Å². The maximum atomic E-state index is 12.1. The molecule has 1 saturated heterocycles. The van der Waals surface area contributed by atoms with Crippen molar-refractivity contribution in [2.24, 2.45) is 0 Å². The highest BCUT2D eigenvalue weighted by Crippen LogP contribution is 2.24. The van der Waals surface area contributed by atoms with Gasteiger partial charge in [-0.1, -0.05) is 20.8 Å². The molecule has 0 unspecified atom stereocenters. The summed E-state index contributed by atoms with van der Waals surface area (Å²) in [4.78, 5) is 43.6. The number of aromatic amines is 1. The highest BCUT2D eigenvalue weighted by Gasteiger charge is 2.27. The Balaban J connectivity index is 2.33. The van der Waals surface area contributed by atoms with Crippen LogP contribution >= 0.6 is 0 Å². The van der Waals surface area contributed by atoms with E-state index in [2.05, 4.69) is 15.3 Å². The van der Waals surface area contributed by atoms with E-state index in [0.717, 1.165) is 10.6 Å². The maximum absolute atomic E-state index is 12.1. The number of nitrogens with zero attached hydrogens (tertiary/aromatic N) is 2. The highest BCUT2D eigenvalue weighted by atomic mass is 16.2. The zero-order valence-corrected chi connectivity index (χ0v) is 13.2. The summed E-state index contributed by atoms with van der Waals surface area (Å²) in [6.07, 6.45) is 3.22. The first-order chi connectivity index (χ1) is 10.2. The van der Waals surface area contributed by atoms with Crippen molar-refractivity contribution in [3.05, 3.63) is 23.4 Å². The third-order valence-electron chi connectivity index (χ3n) is 3.35. The second kappa shape index (κ2) is 5.75. The number of hydrogen-bond acceptors (Lipinski definition) is 4. The number of imide groups is 1. The minimum atomic E-state index is -0.434. The molecule has 3 amide bonds. The zero-order valence-electron chi connectivity index (χ0n) is 13.2. The molecule has 0 aromatic carbocycles. The van der Waals surface area contributed by atoms with Gasteiger partial charge in [0.2, 0.25) is 17.7 Å². The van der Waals surface area contributed by atoms with E-state index in [-0.39, 0.29) is 24.3 Å². The summed E-state index contributed by atoms with van der Waals surface area (Å²) < 4.78 is 0. The van der Waals surface area contributed by atoms with Crippen LogP contribution in [-0.4, -0.2) is 39.1 Å². The molecule has 2 heterocycles. The highest BCUT2D eigenvalue weighted by molar-refractivity contribution is 6.01. The normalized spacial score (nSPS) is 18.4. The molecule has 1 aromatic heterocycles. The van der Waals surface area contributed by atoms with Gasteiger partial charge in [-0.2, -0.15) is 0 Å². The molecule has 2 rings (SSSR count). The summed E-state index contributed by atoms with van der Waals surface area (Å²) in [6, 6.07) is 0. The van der Waals surface area contributed by atoms with Crippen molar-refractivity contribution in [1.29, 1.82) is 0 Å². The molecular formula is C15H20N4O3. The molecule has 1 fully saturated rings. The number of nitrogens with one attached hydrogen (secondary N) is 2. The number of rotatable bonds is 1. The van der Waals surface area contributed by atoms with Crippen molar-refractivity contribution in [2.75, 3.05) is 6.54 Å². The first-order valence-electron chi connectivity index (χ1n) is 7.03. The summed E-state index contributed by atoms with van der Waals surface area (Å²) in [7, 11) is 0. The Labute approximate surface area is 128 Å². The lowest BCUT2D eigenvalue weighted by Crippen LogP contribution is -2.38. The first kappa shape index (κ1) is 15.9. The average molecular weight is 304 g/mol. The van der Waals surface area contributed by atoms with Crippen LogP contribution in [-0.2, 0) is 19.8 Å². The monoisotopic (exact) mass is 304 g/mol. The third kappa shape index (κ3) is 3.41. The SMILES string of the molecule is CC(=O)N1CC(=O)N/C(=C\c2nc[nH]c2C(C)(C)C)CC1=O. The Morgan fingerprint density at radius 3 is 2.64 bits per heavy atom. The van der Waals surface area contributed by atoms with Crippen molar-refractivity contribution >= 4 is 23.8 Å². The summed E-state index contributed by atoms with van der Waals surface area (Å²) in [5.41, 5.74) is 1.88. The Hall–Kier alpha value is -2.44. The lowest BCUT2D eigenvalue weighted by molar-refractivity contribution is -0.145. The van der Waals surface area contributed by atoms with Crippen molar-refractivity contribution < 1.29 is 14.4 Å². The van der Waals surface area contributed by atoms with Gasteiger partial charge < -0.3 is 10.3 Å². The van der Waals surface area contributed by atoms with E-state index in [1.165, 1.54) is 6.92 Å². The molecule has 1 aromatic rings. The second-order valence-corrected chi connectivity index (χ2v) is 6.31. The van der Waals surface area contributed by atoms with Crippen LogP contribution in [0, 0.1) is 0 Å². The van der Waals surface area contributed by atoms with Crippen LogP contribution in [0.1, 0.15) is 45.5 Å². The standard InChI is InChI=1S/C15H20N4O3/c1-9(20)19-7-12(21)18-10(6-13(19)22)5-11-14(15(2,3)4)17-8-16-11/h5,8H,6-7H2,1-4H3,(H,16,17)(H,18,21)/b10-5-. The van der Waals surface area contributed by atoms with Gasteiger partial charge in [0, 0.05) is 23.7 Å². The lowest BCUT2D eigenvalue weighted by atomic mass is 9.90. The topological polar surface area (TPSA) is 95.2 Å². The van der Waals surface area contributed by atoms with Gasteiger partial charge in [-0.15, -0.1) is 0 Å². The molecule has 7 nitrogen and oxygen atoms in total. The van der Waals surface area contributed by atoms with Crippen molar-refractivity contribution in [2.45, 2.75) is 39.5 Å². The first-order valence-corrected chi connectivity index (χ1v) is 7.03. The number of hydrogen-bond donors (Lipinski definition) is 2. The van der Waals surface area contributed by atoms with Gasteiger partial charge in [0.1, 0.15) is 6.54 Å². The number of imidazole rings is 1. The van der Waals surface area contributed by atoms with Crippen molar-refractivity contribution in [3.8, 4) is 0 Å². The molecule has 0 spiro atoms. The van der Waals surface area contributed by atoms with Gasteiger partial charge in [0.25, 0.3) is 0 Å². The van der Waals surface area contributed by atoms with Gasteiger partial charge in [0.15, 0.2) is 0 Å². The molecule has 1 aliphatic heterocycles. The summed E-state index contributed by atoms with van der Waals surface area (Å²) in [6.45, 7) is 7.13. The Morgan fingerprint density at radius 1 is 1.36 bits per heavy atom. The van der Waals surface area contributed by atoms with E-state index >= 15 is 0 Å². The van der Waals surface area contributed by atoms with E-state index in [4.69, 9.17) is 0 Å². The molecule has 22 heavy (non-hydrogen) atoms. The smallest absolute Gasteiger partial charge is 0.244 e. The number of amides is 3. The molecule has 0 radical (unpaired) electrons. The fraction of sp³-hybridized carbons (Fsp3) is 0.467. The van der Waals surface area contributed by atoms with Gasteiger partial charge in [-0.05, 0) is 6.08 Å². The fourth-order valence-electron chi connectivity index (χ4n) is 2.31. The Morgan fingerprint density at radius 2 is 2.05 bits per heavy atom. The molecule has 0 aliphatic carbocycles. The fourth-order valence-corrected chi connectivity index (χ4v) is 2.31. The van der Waals surface area contributed by atoms with Crippen LogP contribution in [0.25, 0.3) is 6.08 Å². The summed E-state index contributed by atoms with van der Waals surface area (Å²) in [5.74, 6) is -1.22. The predicted octanol–water partition coefficient (Wildman–Crippen LogP) is 0.943. The lowest BCUT2D eigenvalue weighted by Gasteiger charge is -2.17. The molecule has 0 saturated carbocycles. The molecule has 7 heteroatoms. The average Bonchev–Trinajstić information content (AvgIpc) is 2.77. The van der Waals surface area contributed by atoms with Gasteiger partial charge in [0.05, 0.1) is 18.4 Å². The predicted molar refractivity (Wildman–Crippen MR) is 80.4 cm³/mol. The van der Waals surface area contributed by atoms with Crippen molar-refractivity contribution in [1.82, 2.24) is 20.2 Å². The molecular weight excluding hydrogens is 284 g/mol. The summed E-state index contributed by atoms with van der Waals surface area (Å²) in [5, 5.41) is 2.66. The minimum Gasteiger partial charge on any atom is -0.348 e. The largest absolute Gasteiger partial charge is 0.348 e.